The van der Waals surface area contributed by atoms with E-state index in [0.29, 0.717) is 0 Å². The van der Waals surface area contributed by atoms with Gasteiger partial charge in [0.2, 0.25) is 0 Å². The first-order valence-electron chi connectivity index (χ1n) is 6.26. The van der Waals surface area contributed by atoms with Crippen LogP contribution in [0, 0.1) is 6.92 Å². The minimum Gasteiger partial charge on any atom is -0.265 e. The molecule has 0 fully saturated rings. The van der Waals surface area contributed by atoms with Gasteiger partial charge in [0.25, 0.3) is 0 Å². The summed E-state index contributed by atoms with van der Waals surface area (Å²) in [6.45, 7) is 2.11. The maximum absolute atomic E-state index is 4.25. The number of nitrogens with zero attached hydrogens (tertiary/aromatic N) is 2. The van der Waals surface area contributed by atoms with Crippen molar-refractivity contribution in [3.05, 3.63) is 72.8 Å². The molecule has 3 rings (SSSR count). The number of hydrogen-bond donors (Lipinski definition) is 0. The predicted molar refractivity (Wildman–Crippen MR) is 77.6 cm³/mol. The second kappa shape index (κ2) is 5.02. The summed E-state index contributed by atoms with van der Waals surface area (Å²) >= 11 is 0. The van der Waals surface area contributed by atoms with Crippen molar-refractivity contribution in [2.24, 2.45) is 0 Å². The number of aromatic nitrogens is 2. The first-order chi connectivity index (χ1) is 9.34. The molecule has 0 amide bonds. The predicted octanol–water partition coefficient (Wildman–Crippen LogP) is 4.12. The lowest BCUT2D eigenvalue weighted by molar-refractivity contribution is 1.30. The highest BCUT2D eigenvalue weighted by molar-refractivity contribution is 5.82. The van der Waals surface area contributed by atoms with Gasteiger partial charge in [-0.2, -0.15) is 0 Å². The third-order valence-electron chi connectivity index (χ3n) is 3.14. The van der Waals surface area contributed by atoms with Crippen molar-refractivity contribution in [3.8, 4) is 22.3 Å². The van der Waals surface area contributed by atoms with Crippen LogP contribution in [-0.4, -0.2) is 9.97 Å². The summed E-state index contributed by atoms with van der Waals surface area (Å²) in [5.74, 6) is 0. The van der Waals surface area contributed by atoms with Crippen molar-refractivity contribution in [2.75, 3.05) is 0 Å². The van der Waals surface area contributed by atoms with E-state index in [1.165, 1.54) is 16.7 Å². The highest BCUT2D eigenvalue weighted by Gasteiger charge is 2.07. The third-order valence-corrected chi connectivity index (χ3v) is 3.14. The number of rotatable bonds is 2. The Morgan fingerprint density at radius 2 is 1.53 bits per heavy atom. The van der Waals surface area contributed by atoms with Gasteiger partial charge in [-0.15, -0.1) is 0 Å². The molecule has 2 heteroatoms. The van der Waals surface area contributed by atoms with Gasteiger partial charge in [-0.25, -0.2) is 0 Å². The lowest BCUT2D eigenvalue weighted by Crippen LogP contribution is -1.87. The minimum absolute atomic E-state index is 1.13. The Kier molecular flexibility index (Phi) is 3.07. The molecule has 3 aromatic rings. The van der Waals surface area contributed by atoms with Crippen molar-refractivity contribution in [1.82, 2.24) is 9.97 Å². The van der Waals surface area contributed by atoms with Gasteiger partial charge in [0.1, 0.15) is 0 Å². The summed E-state index contributed by atoms with van der Waals surface area (Å²) in [4.78, 5) is 8.32. The van der Waals surface area contributed by atoms with Crippen LogP contribution in [0.1, 0.15) is 5.56 Å². The highest BCUT2D eigenvalue weighted by atomic mass is 14.6. The molecule has 2 heterocycles. The second-order valence-electron chi connectivity index (χ2n) is 4.53. The molecule has 2 nitrogen and oxygen atoms in total. The molecule has 0 unspecified atom stereocenters. The van der Waals surface area contributed by atoms with Crippen LogP contribution in [0.25, 0.3) is 22.3 Å². The van der Waals surface area contributed by atoms with Gasteiger partial charge < -0.3 is 0 Å². The third kappa shape index (κ3) is 2.38. The molecule has 0 bridgehead atoms. The molecular formula is C17H14N2. The molecule has 0 spiro atoms. The molecule has 0 radical (unpaired) electrons. The lowest BCUT2D eigenvalue weighted by Gasteiger charge is -2.09. The van der Waals surface area contributed by atoms with E-state index in [0.717, 1.165) is 11.1 Å². The largest absolute Gasteiger partial charge is 0.265 e. The number of aryl methyl sites for hydroxylation is 1. The summed E-state index contributed by atoms with van der Waals surface area (Å²) < 4.78 is 0. The van der Waals surface area contributed by atoms with Crippen LogP contribution in [0.3, 0.4) is 0 Å². The zero-order valence-electron chi connectivity index (χ0n) is 10.7. The monoisotopic (exact) mass is 246 g/mol. The standard InChI is InChI=1S/C17H14N2/c1-13-3-2-4-15(11-13)16-7-10-19-12-17(16)14-5-8-18-9-6-14/h2-12H,1H3. The molecule has 2 aromatic heterocycles. The zero-order valence-corrected chi connectivity index (χ0v) is 10.7. The van der Waals surface area contributed by atoms with Crippen molar-refractivity contribution >= 4 is 0 Å². The number of hydrogen-bond acceptors (Lipinski definition) is 2. The van der Waals surface area contributed by atoms with Crippen LogP contribution >= 0.6 is 0 Å². The molecule has 0 N–H and O–H groups in total. The summed E-state index contributed by atoms with van der Waals surface area (Å²) in [6.07, 6.45) is 7.36. The smallest absolute Gasteiger partial charge is 0.0352 e. The van der Waals surface area contributed by atoms with Crippen LogP contribution in [0.15, 0.2) is 67.3 Å². The van der Waals surface area contributed by atoms with Crippen LogP contribution in [0.5, 0.6) is 0 Å². The SMILES string of the molecule is Cc1cccc(-c2ccncc2-c2ccncc2)c1. The van der Waals surface area contributed by atoms with Crippen LogP contribution in [0.4, 0.5) is 0 Å². The van der Waals surface area contributed by atoms with E-state index in [1.807, 2.05) is 36.9 Å². The summed E-state index contributed by atoms with van der Waals surface area (Å²) in [5.41, 5.74) is 5.95. The van der Waals surface area contributed by atoms with Gasteiger partial charge in [-0.05, 0) is 41.8 Å². The quantitative estimate of drug-likeness (QED) is 0.679. The second-order valence-corrected chi connectivity index (χ2v) is 4.53. The van der Waals surface area contributed by atoms with Gasteiger partial charge in [0.05, 0.1) is 0 Å². The molecule has 19 heavy (non-hydrogen) atoms. The Balaban J connectivity index is 2.18. The van der Waals surface area contributed by atoms with Gasteiger partial charge in [0.15, 0.2) is 0 Å². The maximum Gasteiger partial charge on any atom is 0.0352 e. The van der Waals surface area contributed by atoms with Gasteiger partial charge >= 0.3 is 0 Å². The molecule has 92 valence electrons. The lowest BCUT2D eigenvalue weighted by atomic mass is 9.96. The summed E-state index contributed by atoms with van der Waals surface area (Å²) in [7, 11) is 0. The summed E-state index contributed by atoms with van der Waals surface area (Å²) in [5, 5.41) is 0. The first kappa shape index (κ1) is 11.6. The van der Waals surface area contributed by atoms with Gasteiger partial charge in [-0.1, -0.05) is 29.8 Å². The Labute approximate surface area is 112 Å². The Morgan fingerprint density at radius 1 is 0.737 bits per heavy atom. The van der Waals surface area contributed by atoms with Crippen LogP contribution in [0.2, 0.25) is 0 Å². The van der Waals surface area contributed by atoms with Gasteiger partial charge in [0, 0.05) is 30.4 Å². The fourth-order valence-electron chi connectivity index (χ4n) is 2.22. The fourth-order valence-corrected chi connectivity index (χ4v) is 2.22. The van der Waals surface area contributed by atoms with Crippen LogP contribution < -0.4 is 0 Å². The van der Waals surface area contributed by atoms with E-state index < -0.39 is 0 Å². The molecule has 0 aliphatic carbocycles. The van der Waals surface area contributed by atoms with Crippen molar-refractivity contribution in [1.29, 1.82) is 0 Å². The topological polar surface area (TPSA) is 25.8 Å². The van der Waals surface area contributed by atoms with E-state index in [9.17, 15) is 0 Å². The maximum atomic E-state index is 4.25. The fraction of sp³-hybridized carbons (Fsp3) is 0.0588. The average molecular weight is 246 g/mol. The van der Waals surface area contributed by atoms with Crippen molar-refractivity contribution in [2.45, 2.75) is 6.92 Å². The molecule has 0 saturated heterocycles. The number of pyridine rings is 2. The van der Waals surface area contributed by atoms with Gasteiger partial charge in [-0.3, -0.25) is 9.97 Å². The van der Waals surface area contributed by atoms with E-state index in [4.69, 9.17) is 0 Å². The normalized spacial score (nSPS) is 10.4. The average Bonchev–Trinajstić information content (AvgIpc) is 2.48. The number of benzene rings is 1. The zero-order chi connectivity index (χ0) is 13.1. The van der Waals surface area contributed by atoms with E-state index in [1.54, 1.807) is 0 Å². The van der Waals surface area contributed by atoms with E-state index in [2.05, 4.69) is 47.2 Å². The molecular weight excluding hydrogens is 232 g/mol. The highest BCUT2D eigenvalue weighted by Crippen LogP contribution is 2.31. The molecule has 0 aliphatic rings. The Morgan fingerprint density at radius 3 is 2.32 bits per heavy atom. The Hall–Kier alpha value is -2.48. The molecule has 0 atom stereocenters. The minimum atomic E-state index is 1.13. The molecule has 0 saturated carbocycles. The molecule has 1 aromatic carbocycles. The van der Waals surface area contributed by atoms with Crippen molar-refractivity contribution in [3.63, 3.8) is 0 Å². The van der Waals surface area contributed by atoms with E-state index >= 15 is 0 Å². The van der Waals surface area contributed by atoms with Crippen molar-refractivity contribution < 1.29 is 0 Å². The summed E-state index contributed by atoms with van der Waals surface area (Å²) in [6, 6.07) is 14.6. The molecule has 0 aliphatic heterocycles. The first-order valence-corrected chi connectivity index (χ1v) is 6.26. The Bertz CT molecular complexity index is 690. The van der Waals surface area contributed by atoms with E-state index in [-0.39, 0.29) is 0 Å². The van der Waals surface area contributed by atoms with Crippen LogP contribution in [-0.2, 0) is 0 Å².